The average molecular weight is 431 g/mol. The molecular formula is C23H27F2N3O3. The molecule has 0 aliphatic carbocycles. The summed E-state index contributed by atoms with van der Waals surface area (Å²) in [6, 6.07) is 11.5. The summed E-state index contributed by atoms with van der Waals surface area (Å²) in [5.74, 6) is -0.451. The third kappa shape index (κ3) is 7.24. The van der Waals surface area contributed by atoms with Gasteiger partial charge in [-0.2, -0.15) is 0 Å². The molecule has 0 radical (unpaired) electrons. The largest absolute Gasteiger partial charge is 0.491 e. The quantitative estimate of drug-likeness (QED) is 0.616. The SMILES string of the molecule is O=C(NCC1CCCN(C(=O)CCCOc2ccccc2F)C1)Nc1cccc(F)c1. The minimum Gasteiger partial charge on any atom is -0.491 e. The molecule has 1 saturated heterocycles. The van der Waals surface area contributed by atoms with Gasteiger partial charge in [-0.1, -0.05) is 18.2 Å². The van der Waals surface area contributed by atoms with Crippen LogP contribution < -0.4 is 15.4 Å². The molecule has 1 atom stereocenters. The summed E-state index contributed by atoms with van der Waals surface area (Å²) in [5, 5.41) is 5.39. The maximum absolute atomic E-state index is 13.5. The van der Waals surface area contributed by atoms with Gasteiger partial charge in [0.15, 0.2) is 11.6 Å². The van der Waals surface area contributed by atoms with Gasteiger partial charge < -0.3 is 20.3 Å². The van der Waals surface area contributed by atoms with Gasteiger partial charge in [0.25, 0.3) is 0 Å². The molecule has 1 unspecified atom stereocenters. The second-order valence-electron chi connectivity index (χ2n) is 7.58. The number of likely N-dealkylation sites (tertiary alicyclic amines) is 1. The highest BCUT2D eigenvalue weighted by molar-refractivity contribution is 5.89. The summed E-state index contributed by atoms with van der Waals surface area (Å²) in [7, 11) is 0. The van der Waals surface area contributed by atoms with Gasteiger partial charge in [0.2, 0.25) is 5.91 Å². The lowest BCUT2D eigenvalue weighted by Gasteiger charge is -2.33. The number of carbonyl (C=O) groups excluding carboxylic acids is 2. The molecule has 0 spiro atoms. The number of nitrogens with one attached hydrogen (secondary N) is 2. The Hall–Kier alpha value is -3.16. The first-order chi connectivity index (χ1) is 15.0. The zero-order valence-electron chi connectivity index (χ0n) is 17.3. The standard InChI is InChI=1S/C23H27F2N3O3/c24-18-7-3-8-19(14-18)27-23(30)26-15-17-6-4-12-28(16-17)22(29)11-5-13-31-21-10-2-1-9-20(21)25/h1-3,7-10,14,17H,4-6,11-13,15-16H2,(H2,26,27,30). The normalized spacial score (nSPS) is 15.9. The number of halogens is 2. The van der Waals surface area contributed by atoms with Crippen LogP contribution in [0.4, 0.5) is 19.3 Å². The highest BCUT2D eigenvalue weighted by Crippen LogP contribution is 2.18. The van der Waals surface area contributed by atoms with Crippen LogP contribution in [-0.4, -0.2) is 43.1 Å². The van der Waals surface area contributed by atoms with Gasteiger partial charge in [-0.25, -0.2) is 13.6 Å². The number of rotatable bonds is 8. The van der Waals surface area contributed by atoms with Crippen molar-refractivity contribution in [3.05, 3.63) is 60.2 Å². The van der Waals surface area contributed by atoms with E-state index >= 15 is 0 Å². The van der Waals surface area contributed by atoms with Gasteiger partial charge in [-0.05, 0) is 55.5 Å². The van der Waals surface area contributed by atoms with Crippen LogP contribution >= 0.6 is 0 Å². The topological polar surface area (TPSA) is 70.7 Å². The van der Waals surface area contributed by atoms with Crippen molar-refractivity contribution in [2.45, 2.75) is 25.7 Å². The summed E-state index contributed by atoms with van der Waals surface area (Å²) in [6.45, 7) is 1.97. The summed E-state index contributed by atoms with van der Waals surface area (Å²) in [6.07, 6.45) is 2.62. The van der Waals surface area contributed by atoms with Gasteiger partial charge in [0, 0.05) is 31.7 Å². The highest BCUT2D eigenvalue weighted by atomic mass is 19.1. The predicted molar refractivity (Wildman–Crippen MR) is 114 cm³/mol. The first-order valence-electron chi connectivity index (χ1n) is 10.5. The fourth-order valence-corrected chi connectivity index (χ4v) is 3.56. The van der Waals surface area contributed by atoms with Crippen LogP contribution in [0.2, 0.25) is 0 Å². The summed E-state index contributed by atoms with van der Waals surface area (Å²) in [5.41, 5.74) is 0.385. The molecule has 0 saturated carbocycles. The van der Waals surface area contributed by atoms with E-state index in [9.17, 15) is 18.4 Å². The molecule has 2 N–H and O–H groups in total. The lowest BCUT2D eigenvalue weighted by atomic mass is 9.97. The molecule has 6 nitrogen and oxygen atoms in total. The maximum atomic E-state index is 13.5. The first-order valence-corrected chi connectivity index (χ1v) is 10.5. The van der Waals surface area contributed by atoms with E-state index in [1.165, 1.54) is 24.3 Å². The number of para-hydroxylation sites is 1. The fourth-order valence-electron chi connectivity index (χ4n) is 3.56. The highest BCUT2D eigenvalue weighted by Gasteiger charge is 2.23. The van der Waals surface area contributed by atoms with Gasteiger partial charge in [-0.3, -0.25) is 4.79 Å². The van der Waals surface area contributed by atoms with E-state index in [-0.39, 0.29) is 24.2 Å². The molecule has 8 heteroatoms. The van der Waals surface area contributed by atoms with Crippen LogP contribution in [0, 0.1) is 17.6 Å². The molecule has 166 valence electrons. The second-order valence-corrected chi connectivity index (χ2v) is 7.58. The molecule has 2 aromatic rings. The van der Waals surface area contributed by atoms with Crippen molar-refractivity contribution in [3.63, 3.8) is 0 Å². The first kappa shape index (κ1) is 22.5. The Labute approximate surface area is 180 Å². The van der Waals surface area contributed by atoms with Gasteiger partial charge in [-0.15, -0.1) is 0 Å². The average Bonchev–Trinajstić information content (AvgIpc) is 2.76. The number of ether oxygens (including phenoxy) is 1. The van der Waals surface area contributed by atoms with E-state index in [2.05, 4.69) is 10.6 Å². The Morgan fingerprint density at radius 1 is 1.13 bits per heavy atom. The second kappa shape index (κ2) is 11.3. The molecule has 1 aliphatic heterocycles. The van der Waals surface area contributed by atoms with E-state index in [4.69, 9.17) is 4.74 Å². The van der Waals surface area contributed by atoms with Crippen molar-refractivity contribution in [3.8, 4) is 5.75 Å². The third-order valence-electron chi connectivity index (χ3n) is 5.13. The zero-order valence-corrected chi connectivity index (χ0v) is 17.3. The smallest absolute Gasteiger partial charge is 0.319 e. The molecule has 3 rings (SSSR count). The molecule has 1 heterocycles. The Balaban J connectivity index is 1.35. The minimum absolute atomic E-state index is 0.0334. The van der Waals surface area contributed by atoms with Crippen molar-refractivity contribution in [2.75, 3.05) is 31.6 Å². The number of nitrogens with zero attached hydrogens (tertiary/aromatic N) is 1. The Kier molecular flexibility index (Phi) is 8.20. The Bertz CT molecular complexity index is 894. The Morgan fingerprint density at radius 3 is 2.77 bits per heavy atom. The van der Waals surface area contributed by atoms with Crippen LogP contribution in [0.15, 0.2) is 48.5 Å². The molecule has 31 heavy (non-hydrogen) atoms. The zero-order chi connectivity index (χ0) is 22.1. The van der Waals surface area contributed by atoms with Crippen LogP contribution in [0.5, 0.6) is 5.75 Å². The number of amides is 3. The van der Waals surface area contributed by atoms with Crippen molar-refractivity contribution in [1.82, 2.24) is 10.2 Å². The number of hydrogen-bond donors (Lipinski definition) is 2. The van der Waals surface area contributed by atoms with Crippen LogP contribution in [0.1, 0.15) is 25.7 Å². The van der Waals surface area contributed by atoms with Gasteiger partial charge in [0.1, 0.15) is 5.82 Å². The van der Waals surface area contributed by atoms with E-state index in [0.717, 1.165) is 12.8 Å². The number of piperidine rings is 1. The van der Waals surface area contributed by atoms with Crippen molar-refractivity contribution < 1.29 is 23.1 Å². The van der Waals surface area contributed by atoms with E-state index in [0.29, 0.717) is 38.2 Å². The number of hydrogen-bond acceptors (Lipinski definition) is 3. The summed E-state index contributed by atoms with van der Waals surface area (Å²) in [4.78, 5) is 26.3. The van der Waals surface area contributed by atoms with Crippen LogP contribution in [0.3, 0.4) is 0 Å². The van der Waals surface area contributed by atoms with E-state index < -0.39 is 17.7 Å². The van der Waals surface area contributed by atoms with Gasteiger partial charge >= 0.3 is 6.03 Å². The van der Waals surface area contributed by atoms with E-state index in [1.807, 2.05) is 4.90 Å². The number of benzene rings is 2. The number of urea groups is 1. The number of anilines is 1. The predicted octanol–water partition coefficient (Wildman–Crippen LogP) is 4.18. The lowest BCUT2D eigenvalue weighted by Crippen LogP contribution is -2.44. The van der Waals surface area contributed by atoms with Crippen LogP contribution in [-0.2, 0) is 4.79 Å². The minimum atomic E-state index is -0.418. The van der Waals surface area contributed by atoms with Crippen molar-refractivity contribution >= 4 is 17.6 Å². The molecule has 3 amide bonds. The third-order valence-corrected chi connectivity index (χ3v) is 5.13. The lowest BCUT2D eigenvalue weighted by molar-refractivity contribution is -0.133. The Morgan fingerprint density at radius 2 is 1.97 bits per heavy atom. The van der Waals surface area contributed by atoms with Crippen molar-refractivity contribution in [2.24, 2.45) is 5.92 Å². The molecule has 1 aliphatic rings. The van der Waals surface area contributed by atoms with Crippen molar-refractivity contribution in [1.29, 1.82) is 0 Å². The molecule has 1 fully saturated rings. The number of carbonyl (C=O) groups is 2. The molecule has 0 aromatic heterocycles. The summed E-state index contributed by atoms with van der Waals surface area (Å²) < 4.78 is 32.1. The monoisotopic (exact) mass is 431 g/mol. The molecular weight excluding hydrogens is 404 g/mol. The summed E-state index contributed by atoms with van der Waals surface area (Å²) >= 11 is 0. The van der Waals surface area contributed by atoms with E-state index in [1.54, 1.807) is 24.3 Å². The van der Waals surface area contributed by atoms with Crippen LogP contribution in [0.25, 0.3) is 0 Å². The molecule has 0 bridgehead atoms. The van der Waals surface area contributed by atoms with Gasteiger partial charge in [0.05, 0.1) is 6.61 Å². The molecule has 2 aromatic carbocycles. The maximum Gasteiger partial charge on any atom is 0.319 e. The fraction of sp³-hybridized carbons (Fsp3) is 0.391.